The zero-order valence-electron chi connectivity index (χ0n) is 11.0. The summed E-state index contributed by atoms with van der Waals surface area (Å²) in [5.74, 6) is 0.847. The molecule has 0 aliphatic carbocycles. The lowest BCUT2D eigenvalue weighted by Gasteiger charge is -2.09. The SMILES string of the molecule is COc1ccccc1OC(=O)COc1cccc(N)c1. The number of nitrogens with two attached hydrogens (primary N) is 1. The minimum atomic E-state index is -0.517. The maximum absolute atomic E-state index is 11.7. The van der Waals surface area contributed by atoms with Crippen molar-refractivity contribution in [1.29, 1.82) is 0 Å². The van der Waals surface area contributed by atoms with Gasteiger partial charge in [-0.15, -0.1) is 0 Å². The third-order valence-corrected chi connectivity index (χ3v) is 2.51. The van der Waals surface area contributed by atoms with Crippen LogP contribution < -0.4 is 19.9 Å². The molecule has 0 fully saturated rings. The first-order chi connectivity index (χ1) is 9.69. The molecule has 2 aromatic rings. The van der Waals surface area contributed by atoms with Gasteiger partial charge >= 0.3 is 5.97 Å². The van der Waals surface area contributed by atoms with Crippen LogP contribution >= 0.6 is 0 Å². The van der Waals surface area contributed by atoms with Gasteiger partial charge in [-0.2, -0.15) is 0 Å². The number of ether oxygens (including phenoxy) is 3. The Morgan fingerprint density at radius 1 is 1.10 bits per heavy atom. The van der Waals surface area contributed by atoms with Gasteiger partial charge in [-0.3, -0.25) is 0 Å². The molecule has 0 amide bonds. The maximum atomic E-state index is 11.7. The highest BCUT2D eigenvalue weighted by Crippen LogP contribution is 2.25. The van der Waals surface area contributed by atoms with E-state index in [1.807, 2.05) is 0 Å². The zero-order chi connectivity index (χ0) is 14.4. The van der Waals surface area contributed by atoms with Crippen LogP contribution in [0.15, 0.2) is 48.5 Å². The molecule has 0 saturated carbocycles. The first-order valence-corrected chi connectivity index (χ1v) is 6.01. The molecular weight excluding hydrogens is 258 g/mol. The van der Waals surface area contributed by atoms with E-state index in [0.29, 0.717) is 22.9 Å². The number of esters is 1. The molecule has 2 aromatic carbocycles. The minimum Gasteiger partial charge on any atom is -0.493 e. The molecule has 0 spiro atoms. The lowest BCUT2D eigenvalue weighted by Crippen LogP contribution is -2.18. The Bertz CT molecular complexity index is 598. The smallest absolute Gasteiger partial charge is 0.349 e. The van der Waals surface area contributed by atoms with Crippen molar-refractivity contribution in [2.24, 2.45) is 0 Å². The summed E-state index contributed by atoms with van der Waals surface area (Å²) in [7, 11) is 1.51. The second-order valence-electron chi connectivity index (χ2n) is 3.99. The Kier molecular flexibility index (Phi) is 4.44. The Labute approximate surface area is 116 Å². The van der Waals surface area contributed by atoms with Crippen molar-refractivity contribution < 1.29 is 19.0 Å². The Balaban J connectivity index is 1.93. The molecule has 0 saturated heterocycles. The average molecular weight is 273 g/mol. The maximum Gasteiger partial charge on any atom is 0.349 e. The summed E-state index contributed by atoms with van der Waals surface area (Å²) >= 11 is 0. The van der Waals surface area contributed by atoms with E-state index in [1.165, 1.54) is 7.11 Å². The number of benzene rings is 2. The predicted molar refractivity (Wildman–Crippen MR) is 75.0 cm³/mol. The lowest BCUT2D eigenvalue weighted by atomic mass is 10.3. The van der Waals surface area contributed by atoms with Crippen LogP contribution in [-0.2, 0) is 4.79 Å². The molecule has 5 nitrogen and oxygen atoms in total. The van der Waals surface area contributed by atoms with E-state index in [2.05, 4.69) is 0 Å². The summed E-state index contributed by atoms with van der Waals surface area (Å²) in [5, 5.41) is 0. The van der Waals surface area contributed by atoms with Crippen LogP contribution in [0.3, 0.4) is 0 Å². The first-order valence-electron chi connectivity index (χ1n) is 6.01. The van der Waals surface area contributed by atoms with Gasteiger partial charge in [0.1, 0.15) is 5.75 Å². The molecule has 0 unspecified atom stereocenters. The van der Waals surface area contributed by atoms with Gasteiger partial charge in [-0.1, -0.05) is 18.2 Å². The van der Waals surface area contributed by atoms with Crippen molar-refractivity contribution in [2.45, 2.75) is 0 Å². The van der Waals surface area contributed by atoms with E-state index < -0.39 is 5.97 Å². The van der Waals surface area contributed by atoms with Crippen molar-refractivity contribution in [3.05, 3.63) is 48.5 Å². The van der Waals surface area contributed by atoms with Crippen molar-refractivity contribution in [1.82, 2.24) is 0 Å². The molecule has 0 aliphatic rings. The van der Waals surface area contributed by atoms with E-state index in [1.54, 1.807) is 48.5 Å². The number of carbonyl (C=O) groups excluding carboxylic acids is 1. The Hall–Kier alpha value is -2.69. The molecule has 0 atom stereocenters. The van der Waals surface area contributed by atoms with E-state index in [9.17, 15) is 4.79 Å². The van der Waals surface area contributed by atoms with Gasteiger partial charge in [0.15, 0.2) is 18.1 Å². The molecule has 0 aromatic heterocycles. The minimum absolute atomic E-state index is 0.207. The van der Waals surface area contributed by atoms with E-state index in [4.69, 9.17) is 19.9 Å². The number of nitrogen functional groups attached to an aromatic ring is 1. The first kappa shape index (κ1) is 13.7. The monoisotopic (exact) mass is 273 g/mol. The molecule has 0 radical (unpaired) electrons. The molecule has 104 valence electrons. The molecule has 0 heterocycles. The summed E-state index contributed by atoms with van der Waals surface area (Å²) in [6.07, 6.45) is 0. The summed E-state index contributed by atoms with van der Waals surface area (Å²) in [6.45, 7) is -0.207. The van der Waals surface area contributed by atoms with Crippen LogP contribution in [-0.4, -0.2) is 19.7 Å². The molecule has 2 rings (SSSR count). The molecular formula is C15H15NO4. The number of rotatable bonds is 5. The van der Waals surface area contributed by atoms with Gasteiger partial charge in [-0.05, 0) is 24.3 Å². The second kappa shape index (κ2) is 6.47. The largest absolute Gasteiger partial charge is 0.493 e. The fraction of sp³-hybridized carbons (Fsp3) is 0.133. The standard InChI is InChI=1S/C15H15NO4/c1-18-13-7-2-3-8-14(13)20-15(17)10-19-12-6-4-5-11(16)9-12/h2-9H,10,16H2,1H3. The summed E-state index contributed by atoms with van der Waals surface area (Å²) in [6, 6.07) is 13.7. The fourth-order valence-corrected chi connectivity index (χ4v) is 1.60. The highest BCUT2D eigenvalue weighted by Gasteiger charge is 2.10. The molecule has 2 N–H and O–H groups in total. The average Bonchev–Trinajstić information content (AvgIpc) is 2.46. The topological polar surface area (TPSA) is 70.8 Å². The number of anilines is 1. The predicted octanol–water partition coefficient (Wildman–Crippen LogP) is 2.26. The van der Waals surface area contributed by atoms with Crippen LogP contribution in [0.25, 0.3) is 0 Å². The molecule has 0 bridgehead atoms. The van der Waals surface area contributed by atoms with Crippen molar-refractivity contribution in [3.63, 3.8) is 0 Å². The number of hydrogen-bond donors (Lipinski definition) is 1. The van der Waals surface area contributed by atoms with Crippen LogP contribution in [0.5, 0.6) is 17.2 Å². The van der Waals surface area contributed by atoms with Gasteiger partial charge in [0.05, 0.1) is 7.11 Å². The van der Waals surface area contributed by atoms with Crippen molar-refractivity contribution >= 4 is 11.7 Å². The van der Waals surface area contributed by atoms with Crippen LogP contribution in [0, 0.1) is 0 Å². The van der Waals surface area contributed by atoms with E-state index in [-0.39, 0.29) is 6.61 Å². The van der Waals surface area contributed by atoms with Crippen LogP contribution in [0.4, 0.5) is 5.69 Å². The van der Waals surface area contributed by atoms with Gasteiger partial charge < -0.3 is 19.9 Å². The quantitative estimate of drug-likeness (QED) is 0.514. The van der Waals surface area contributed by atoms with Crippen LogP contribution in [0.2, 0.25) is 0 Å². The third kappa shape index (κ3) is 3.65. The zero-order valence-corrected chi connectivity index (χ0v) is 11.0. The molecule has 5 heteroatoms. The molecule has 20 heavy (non-hydrogen) atoms. The number of para-hydroxylation sites is 2. The van der Waals surface area contributed by atoms with E-state index in [0.717, 1.165) is 0 Å². The molecule has 0 aliphatic heterocycles. The number of carbonyl (C=O) groups is 1. The van der Waals surface area contributed by atoms with Crippen LogP contribution in [0.1, 0.15) is 0 Å². The summed E-state index contributed by atoms with van der Waals surface area (Å²) in [5.41, 5.74) is 6.18. The van der Waals surface area contributed by atoms with Gasteiger partial charge in [0, 0.05) is 11.8 Å². The van der Waals surface area contributed by atoms with E-state index >= 15 is 0 Å². The second-order valence-corrected chi connectivity index (χ2v) is 3.99. The van der Waals surface area contributed by atoms with Gasteiger partial charge in [0.2, 0.25) is 0 Å². The number of hydrogen-bond acceptors (Lipinski definition) is 5. The third-order valence-electron chi connectivity index (χ3n) is 2.51. The normalized spacial score (nSPS) is 9.85. The number of methoxy groups -OCH3 is 1. The summed E-state index contributed by atoms with van der Waals surface area (Å²) < 4.78 is 15.6. The van der Waals surface area contributed by atoms with Crippen molar-refractivity contribution in [3.8, 4) is 17.2 Å². The highest BCUT2D eigenvalue weighted by molar-refractivity contribution is 5.74. The highest BCUT2D eigenvalue weighted by atomic mass is 16.6. The van der Waals surface area contributed by atoms with Gasteiger partial charge in [-0.25, -0.2) is 4.79 Å². The summed E-state index contributed by atoms with van der Waals surface area (Å²) in [4.78, 5) is 11.7. The Morgan fingerprint density at radius 3 is 2.55 bits per heavy atom. The van der Waals surface area contributed by atoms with Gasteiger partial charge in [0.25, 0.3) is 0 Å². The fourth-order valence-electron chi connectivity index (χ4n) is 1.60. The lowest BCUT2D eigenvalue weighted by molar-refractivity contribution is -0.136. The Morgan fingerprint density at radius 2 is 1.85 bits per heavy atom. The van der Waals surface area contributed by atoms with Crippen molar-refractivity contribution in [2.75, 3.05) is 19.5 Å².